The number of nitrogens with zero attached hydrogens (tertiary/aromatic N) is 3. The van der Waals surface area contributed by atoms with Crippen molar-refractivity contribution in [1.82, 2.24) is 0 Å². The van der Waals surface area contributed by atoms with Crippen LogP contribution in [0.15, 0.2) is 34.3 Å². The van der Waals surface area contributed by atoms with E-state index in [0.717, 1.165) is 0 Å². The molecule has 0 saturated heterocycles. The molecule has 0 N–H and O–H groups in total. The van der Waals surface area contributed by atoms with E-state index in [1.807, 2.05) is 27.7 Å². The Labute approximate surface area is 170 Å². The molecule has 0 saturated carbocycles. The maximum atomic E-state index is 13.6. The van der Waals surface area contributed by atoms with E-state index in [-0.39, 0.29) is 35.4 Å². The number of ketones is 1. The van der Waals surface area contributed by atoms with Gasteiger partial charge in [0.1, 0.15) is 13.2 Å². The van der Waals surface area contributed by atoms with Crippen LogP contribution in [0.25, 0.3) is 0 Å². The number of ether oxygens (including phenoxy) is 2. The number of aliphatic imine (C=N–C) groups is 2. The highest BCUT2D eigenvalue weighted by atomic mass is 16.6. The second-order valence-electron chi connectivity index (χ2n) is 8.37. The molecule has 0 radical (unpaired) electrons. The first kappa shape index (κ1) is 21.0. The fraction of sp³-hybridized carbons (Fsp3) is 0.571. The Kier molecular flexibility index (Phi) is 5.73. The monoisotopic (exact) mass is 401 g/mol. The highest BCUT2D eigenvalue weighted by Crippen LogP contribution is 2.35. The molecule has 0 unspecified atom stereocenters. The summed E-state index contributed by atoms with van der Waals surface area (Å²) in [6.45, 7) is 10.7. The van der Waals surface area contributed by atoms with E-state index in [0.29, 0.717) is 30.6 Å². The number of benzene rings is 1. The Balaban J connectivity index is 2.03. The van der Waals surface area contributed by atoms with Crippen LogP contribution in [-0.4, -0.2) is 47.8 Å². The molecule has 2 atom stereocenters. The number of carbonyl (C=O) groups excluding carboxylic acids is 1. The third-order valence-corrected chi connectivity index (χ3v) is 5.54. The fourth-order valence-electron chi connectivity index (χ4n) is 3.32. The summed E-state index contributed by atoms with van der Waals surface area (Å²) in [5.74, 6) is 0.811. The Morgan fingerprint density at radius 2 is 1.48 bits per heavy atom. The number of hydrogen-bond acceptors (Lipinski definition) is 7. The smallest absolute Gasteiger partial charge is 0.269 e. The van der Waals surface area contributed by atoms with E-state index >= 15 is 0 Å². The Hall–Kier alpha value is -2.77. The van der Waals surface area contributed by atoms with Gasteiger partial charge in [0.25, 0.3) is 5.69 Å². The summed E-state index contributed by atoms with van der Waals surface area (Å²) in [7, 11) is 0. The van der Waals surface area contributed by atoms with E-state index in [1.165, 1.54) is 24.3 Å². The summed E-state index contributed by atoms with van der Waals surface area (Å²) >= 11 is 0. The zero-order valence-corrected chi connectivity index (χ0v) is 17.4. The first-order valence-electron chi connectivity index (χ1n) is 9.86. The van der Waals surface area contributed by atoms with Crippen LogP contribution in [0.1, 0.15) is 45.0 Å². The molecule has 0 fully saturated rings. The molecule has 8 nitrogen and oxygen atoms in total. The lowest BCUT2D eigenvalue weighted by Gasteiger charge is -2.26. The normalized spacial score (nSPS) is 21.6. The molecule has 2 aliphatic rings. The van der Waals surface area contributed by atoms with Crippen molar-refractivity contribution in [2.24, 2.45) is 27.2 Å². The van der Waals surface area contributed by atoms with Gasteiger partial charge in [-0.1, -0.05) is 27.7 Å². The number of carbonyl (C=O) groups is 1. The quantitative estimate of drug-likeness (QED) is 0.394. The summed E-state index contributed by atoms with van der Waals surface area (Å²) in [5, 5.41) is 10.9. The third-order valence-electron chi connectivity index (χ3n) is 5.54. The van der Waals surface area contributed by atoms with E-state index in [9.17, 15) is 14.9 Å². The number of hydrogen-bond donors (Lipinski definition) is 0. The molecule has 0 bridgehead atoms. The minimum absolute atomic E-state index is 0.0446. The molecular weight excluding hydrogens is 374 g/mol. The Bertz CT molecular complexity index is 824. The minimum Gasteiger partial charge on any atom is -0.478 e. The average molecular weight is 401 g/mol. The molecule has 29 heavy (non-hydrogen) atoms. The highest BCUT2D eigenvalue weighted by Gasteiger charge is 2.51. The summed E-state index contributed by atoms with van der Waals surface area (Å²) in [6, 6.07) is 5.44. The zero-order chi connectivity index (χ0) is 21.3. The molecule has 0 amide bonds. The first-order chi connectivity index (χ1) is 13.6. The van der Waals surface area contributed by atoms with Crippen molar-refractivity contribution in [2.75, 3.05) is 13.2 Å². The van der Waals surface area contributed by atoms with Gasteiger partial charge < -0.3 is 9.47 Å². The van der Waals surface area contributed by atoms with Crippen LogP contribution in [0.4, 0.5) is 5.69 Å². The van der Waals surface area contributed by atoms with Crippen LogP contribution in [-0.2, 0) is 9.47 Å². The predicted octanol–water partition coefficient (Wildman–Crippen LogP) is 3.69. The van der Waals surface area contributed by atoms with E-state index in [4.69, 9.17) is 9.47 Å². The van der Waals surface area contributed by atoms with Gasteiger partial charge in [0.15, 0.2) is 11.2 Å². The van der Waals surface area contributed by atoms with Gasteiger partial charge in [-0.15, -0.1) is 0 Å². The lowest BCUT2D eigenvalue weighted by atomic mass is 9.81. The molecule has 1 aromatic rings. The van der Waals surface area contributed by atoms with Crippen LogP contribution < -0.4 is 0 Å². The van der Waals surface area contributed by atoms with Crippen LogP contribution in [0.5, 0.6) is 0 Å². The molecule has 3 rings (SSSR count). The minimum atomic E-state index is -1.32. The SMILES string of the molecule is CC(C)[C@H]1COC(C(C)(C(=O)c2ccc([N+](=O)[O-])cc2)C2=N[C@@H](C(C)C)CO2)=N1. The van der Waals surface area contributed by atoms with Crippen LogP contribution >= 0.6 is 0 Å². The zero-order valence-electron chi connectivity index (χ0n) is 17.4. The fourth-order valence-corrected chi connectivity index (χ4v) is 3.32. The largest absolute Gasteiger partial charge is 0.478 e. The van der Waals surface area contributed by atoms with Gasteiger partial charge in [-0.2, -0.15) is 0 Å². The van der Waals surface area contributed by atoms with Gasteiger partial charge in [0.05, 0.1) is 17.0 Å². The van der Waals surface area contributed by atoms with E-state index in [2.05, 4.69) is 9.98 Å². The lowest BCUT2D eigenvalue weighted by Crippen LogP contribution is -2.44. The van der Waals surface area contributed by atoms with Crippen molar-refractivity contribution in [2.45, 2.75) is 46.7 Å². The van der Waals surface area contributed by atoms with Gasteiger partial charge in [0.2, 0.25) is 11.8 Å². The number of rotatable bonds is 7. The van der Waals surface area contributed by atoms with Crippen LogP contribution in [0, 0.1) is 27.4 Å². The van der Waals surface area contributed by atoms with Crippen molar-refractivity contribution >= 4 is 23.3 Å². The maximum Gasteiger partial charge on any atom is 0.269 e. The molecule has 0 aromatic heterocycles. The molecule has 156 valence electrons. The van der Waals surface area contributed by atoms with Gasteiger partial charge in [0, 0.05) is 17.7 Å². The van der Waals surface area contributed by atoms with Gasteiger partial charge in [-0.3, -0.25) is 14.9 Å². The summed E-state index contributed by atoms with van der Waals surface area (Å²) in [5.41, 5.74) is -1.08. The van der Waals surface area contributed by atoms with Gasteiger partial charge in [-0.05, 0) is 30.9 Å². The van der Waals surface area contributed by atoms with Crippen molar-refractivity contribution < 1.29 is 19.2 Å². The Morgan fingerprint density at radius 1 is 1.03 bits per heavy atom. The molecule has 8 heteroatoms. The molecule has 2 aliphatic heterocycles. The van der Waals surface area contributed by atoms with Crippen LogP contribution in [0.2, 0.25) is 0 Å². The first-order valence-corrected chi connectivity index (χ1v) is 9.86. The second-order valence-corrected chi connectivity index (χ2v) is 8.37. The van der Waals surface area contributed by atoms with Crippen molar-refractivity contribution in [3.05, 3.63) is 39.9 Å². The standard InChI is InChI=1S/C21H27N3O5/c1-12(2)16-10-28-19(22-16)21(5,20-23-17(11-29-20)13(3)4)18(25)14-6-8-15(9-7-14)24(26)27/h6-9,12-13,16-17H,10-11H2,1-5H3/t16-,17-/m1/s1. The van der Waals surface area contributed by atoms with Crippen molar-refractivity contribution in [3.8, 4) is 0 Å². The van der Waals surface area contributed by atoms with E-state index < -0.39 is 10.3 Å². The number of nitro benzene ring substituents is 1. The number of Topliss-reactive ketones (excluding diaryl/α,β-unsaturated/α-hetero) is 1. The molecule has 0 spiro atoms. The van der Waals surface area contributed by atoms with Gasteiger partial charge >= 0.3 is 0 Å². The molecule has 0 aliphatic carbocycles. The van der Waals surface area contributed by atoms with Crippen LogP contribution in [0.3, 0.4) is 0 Å². The number of non-ortho nitro benzene ring substituents is 1. The Morgan fingerprint density at radius 3 is 1.83 bits per heavy atom. The molecule has 2 heterocycles. The number of nitro groups is 1. The van der Waals surface area contributed by atoms with Crippen molar-refractivity contribution in [1.29, 1.82) is 0 Å². The van der Waals surface area contributed by atoms with E-state index in [1.54, 1.807) is 6.92 Å². The summed E-state index contributed by atoms with van der Waals surface area (Å²) < 4.78 is 11.7. The maximum absolute atomic E-state index is 13.6. The summed E-state index contributed by atoms with van der Waals surface area (Å²) in [4.78, 5) is 33.4. The molecule has 1 aromatic carbocycles. The highest BCUT2D eigenvalue weighted by molar-refractivity contribution is 6.28. The second kappa shape index (κ2) is 7.93. The van der Waals surface area contributed by atoms with Crippen molar-refractivity contribution in [3.63, 3.8) is 0 Å². The lowest BCUT2D eigenvalue weighted by molar-refractivity contribution is -0.384. The summed E-state index contributed by atoms with van der Waals surface area (Å²) in [6.07, 6.45) is 0. The third kappa shape index (κ3) is 3.88. The predicted molar refractivity (Wildman–Crippen MR) is 110 cm³/mol. The average Bonchev–Trinajstić information content (AvgIpc) is 3.37. The van der Waals surface area contributed by atoms with Gasteiger partial charge in [-0.25, -0.2) is 9.98 Å². The topological polar surface area (TPSA) is 103 Å². The molecular formula is C21H27N3O5.